The zero-order chi connectivity index (χ0) is 26.6. The maximum atomic E-state index is 12.9. The molecule has 1 unspecified atom stereocenters. The average Bonchev–Trinajstić information content (AvgIpc) is 3.33. The van der Waals surface area contributed by atoms with Crippen LogP contribution in [0.15, 0.2) is 49.1 Å². The summed E-state index contributed by atoms with van der Waals surface area (Å²) in [6, 6.07) is 8.07. The Kier molecular flexibility index (Phi) is 7.70. The van der Waals surface area contributed by atoms with Crippen molar-refractivity contribution >= 4 is 17.3 Å². The lowest BCUT2D eigenvalue weighted by atomic mass is 9.61. The molecule has 2 aromatic heterocycles. The van der Waals surface area contributed by atoms with Crippen LogP contribution in [0.2, 0.25) is 0 Å². The van der Waals surface area contributed by atoms with Crippen molar-refractivity contribution in [2.75, 3.05) is 23.8 Å². The molecule has 0 bridgehead atoms. The van der Waals surface area contributed by atoms with Gasteiger partial charge in [0.15, 0.2) is 0 Å². The maximum absolute atomic E-state index is 12.9. The van der Waals surface area contributed by atoms with E-state index in [1.807, 2.05) is 24.3 Å². The predicted octanol–water partition coefficient (Wildman–Crippen LogP) is 5.64. The van der Waals surface area contributed by atoms with Gasteiger partial charge < -0.3 is 15.4 Å². The van der Waals surface area contributed by atoms with Gasteiger partial charge in [-0.25, -0.2) is 14.6 Å². The van der Waals surface area contributed by atoms with Crippen LogP contribution in [0.1, 0.15) is 57.2 Å². The Balaban J connectivity index is 1.44. The van der Waals surface area contributed by atoms with E-state index in [0.717, 1.165) is 41.2 Å². The van der Waals surface area contributed by atoms with E-state index in [1.165, 1.54) is 0 Å². The highest BCUT2D eigenvalue weighted by molar-refractivity contribution is 5.70. The molecule has 1 aliphatic rings. The minimum atomic E-state index is -4.48. The summed E-state index contributed by atoms with van der Waals surface area (Å²) < 4.78 is 44.6. The van der Waals surface area contributed by atoms with E-state index in [-0.39, 0.29) is 23.4 Å². The van der Waals surface area contributed by atoms with E-state index in [0.29, 0.717) is 31.2 Å². The number of hydrogen-bond donors (Lipinski definition) is 2. The topological polar surface area (TPSA) is 94.0 Å². The third kappa shape index (κ3) is 6.78. The van der Waals surface area contributed by atoms with Gasteiger partial charge in [0.2, 0.25) is 0 Å². The molecule has 0 amide bonds. The fraction of sp³-hybridized carbons (Fsp3) is 0.462. The number of esters is 1. The molecule has 3 aromatic rings. The molecule has 198 valence electrons. The summed E-state index contributed by atoms with van der Waals surface area (Å²) in [6.45, 7) is 7.13. The van der Waals surface area contributed by atoms with Crippen molar-refractivity contribution in [3.8, 4) is 5.95 Å². The largest absolute Gasteiger partial charge is 0.466 e. The number of carbonyl (C=O) groups excluding carboxylic acids is 1. The zero-order valence-electron chi connectivity index (χ0n) is 21.0. The van der Waals surface area contributed by atoms with Crippen molar-refractivity contribution in [2.24, 2.45) is 11.3 Å². The van der Waals surface area contributed by atoms with E-state index in [4.69, 9.17) is 4.74 Å². The molecule has 1 saturated carbocycles. The lowest BCUT2D eigenvalue weighted by Crippen LogP contribution is -2.38. The van der Waals surface area contributed by atoms with E-state index >= 15 is 0 Å². The van der Waals surface area contributed by atoms with Gasteiger partial charge in [0, 0.05) is 18.4 Å². The summed E-state index contributed by atoms with van der Waals surface area (Å²) in [4.78, 5) is 19.9. The van der Waals surface area contributed by atoms with Crippen LogP contribution < -0.4 is 10.6 Å². The number of carbonyl (C=O) groups is 1. The highest BCUT2D eigenvalue weighted by Gasteiger charge is 2.41. The second kappa shape index (κ2) is 10.8. The Hall–Kier alpha value is -3.63. The Morgan fingerprint density at radius 2 is 1.81 bits per heavy atom. The first-order valence-electron chi connectivity index (χ1n) is 12.2. The number of halogens is 3. The molecule has 4 rings (SSSR count). The minimum Gasteiger partial charge on any atom is -0.466 e. The number of nitrogens with zero attached hydrogens (tertiary/aromatic N) is 4. The van der Waals surface area contributed by atoms with Gasteiger partial charge in [-0.1, -0.05) is 26.0 Å². The first kappa shape index (κ1) is 26.4. The number of nitrogens with one attached hydrogen (secondary N) is 2. The second-order valence-corrected chi connectivity index (χ2v) is 10.0. The Labute approximate surface area is 213 Å². The predicted molar refractivity (Wildman–Crippen MR) is 133 cm³/mol. The van der Waals surface area contributed by atoms with E-state index < -0.39 is 11.7 Å². The van der Waals surface area contributed by atoms with E-state index in [1.54, 1.807) is 19.3 Å². The van der Waals surface area contributed by atoms with Crippen molar-refractivity contribution in [1.29, 1.82) is 0 Å². The lowest BCUT2D eigenvalue weighted by Gasteiger charge is -2.47. The molecule has 1 aromatic carbocycles. The first-order chi connectivity index (χ1) is 17.5. The highest BCUT2D eigenvalue weighted by Crippen LogP contribution is 2.51. The van der Waals surface area contributed by atoms with Crippen molar-refractivity contribution in [3.05, 3.63) is 60.2 Å². The molecule has 1 atom stereocenters. The summed E-state index contributed by atoms with van der Waals surface area (Å²) >= 11 is 0. The summed E-state index contributed by atoms with van der Waals surface area (Å²) in [7, 11) is 0. The zero-order valence-corrected chi connectivity index (χ0v) is 21.0. The molecule has 0 spiro atoms. The van der Waals surface area contributed by atoms with Gasteiger partial charge in [0.1, 0.15) is 0 Å². The summed E-state index contributed by atoms with van der Waals surface area (Å²) in [5.41, 5.74) is 2.09. The third-order valence-corrected chi connectivity index (χ3v) is 6.41. The summed E-state index contributed by atoms with van der Waals surface area (Å²) in [5.74, 6) is 0.225. The molecule has 11 heteroatoms. The van der Waals surface area contributed by atoms with Gasteiger partial charge in [-0.05, 0) is 48.8 Å². The average molecular weight is 517 g/mol. The van der Waals surface area contributed by atoms with Gasteiger partial charge >= 0.3 is 12.1 Å². The van der Waals surface area contributed by atoms with Gasteiger partial charge in [-0.15, -0.1) is 0 Å². The molecule has 0 radical (unpaired) electrons. The van der Waals surface area contributed by atoms with Crippen LogP contribution in [0.3, 0.4) is 0 Å². The van der Waals surface area contributed by atoms with Crippen LogP contribution in [-0.2, 0) is 15.7 Å². The Morgan fingerprint density at radius 1 is 1.14 bits per heavy atom. The van der Waals surface area contributed by atoms with E-state index in [2.05, 4.69) is 39.5 Å². The fourth-order valence-corrected chi connectivity index (χ4v) is 4.69. The molecular formula is C26H31F3N6O2. The molecule has 0 aliphatic heterocycles. The Bertz CT molecular complexity index is 1180. The van der Waals surface area contributed by atoms with Gasteiger partial charge in [0.05, 0.1) is 48.9 Å². The summed E-state index contributed by atoms with van der Waals surface area (Å²) in [5, 5.41) is 10.5. The number of hydrogen-bond acceptors (Lipinski definition) is 7. The summed E-state index contributed by atoms with van der Waals surface area (Å²) in [6.07, 6.45) is 2.65. The van der Waals surface area contributed by atoms with Gasteiger partial charge in [0.25, 0.3) is 5.95 Å². The van der Waals surface area contributed by atoms with Crippen molar-refractivity contribution < 1.29 is 22.7 Å². The van der Waals surface area contributed by atoms with Crippen LogP contribution in [-0.4, -0.2) is 38.9 Å². The highest BCUT2D eigenvalue weighted by atomic mass is 19.4. The number of ether oxygens (including phenoxy) is 1. The van der Waals surface area contributed by atoms with Crippen molar-refractivity contribution in [1.82, 2.24) is 19.7 Å². The normalized spacial score (nSPS) is 16.1. The van der Waals surface area contributed by atoms with Gasteiger partial charge in [-0.3, -0.25) is 4.79 Å². The number of aromatic nitrogens is 4. The lowest BCUT2D eigenvalue weighted by molar-refractivity contribution is -0.142. The molecule has 8 nitrogen and oxygen atoms in total. The monoisotopic (exact) mass is 516 g/mol. The number of alkyl halides is 3. The van der Waals surface area contributed by atoms with Crippen LogP contribution in [0, 0.1) is 11.3 Å². The standard InChI is InChI=1S/C26H31F3N6O2/c1-4-37-22(36)9-10-30-20-7-5-17(6-8-20)23(18-11-25(2,3)12-18)34-21-14-31-24(32-15-21)35-16-19(13-33-35)26(27,28)29/h5-8,13-16,18,23,30,34H,4,9-12H2,1-3H3. The minimum absolute atomic E-state index is 0.0117. The van der Waals surface area contributed by atoms with Crippen molar-refractivity contribution in [2.45, 2.75) is 52.3 Å². The number of rotatable bonds is 10. The Morgan fingerprint density at radius 3 is 2.38 bits per heavy atom. The SMILES string of the molecule is CCOC(=O)CCNc1ccc(C(Nc2cnc(-n3cc(C(F)(F)F)cn3)nc2)C2CC(C)(C)C2)cc1. The molecule has 1 fully saturated rings. The fourth-order valence-electron chi connectivity index (χ4n) is 4.69. The van der Waals surface area contributed by atoms with Crippen LogP contribution in [0.4, 0.5) is 24.5 Å². The third-order valence-electron chi connectivity index (χ3n) is 6.41. The number of anilines is 2. The van der Waals surface area contributed by atoms with Crippen molar-refractivity contribution in [3.63, 3.8) is 0 Å². The molecule has 2 N–H and O–H groups in total. The molecule has 37 heavy (non-hydrogen) atoms. The van der Waals surface area contributed by atoms with E-state index in [9.17, 15) is 18.0 Å². The smallest absolute Gasteiger partial charge is 0.419 e. The van der Waals surface area contributed by atoms with Crippen LogP contribution >= 0.6 is 0 Å². The molecule has 2 heterocycles. The maximum Gasteiger partial charge on any atom is 0.419 e. The quantitative estimate of drug-likeness (QED) is 0.337. The van der Waals surface area contributed by atoms with Gasteiger partial charge in [-0.2, -0.15) is 18.3 Å². The van der Waals surface area contributed by atoms with Crippen LogP contribution in [0.25, 0.3) is 5.95 Å². The molecule has 0 saturated heterocycles. The molecule has 1 aliphatic carbocycles. The second-order valence-electron chi connectivity index (χ2n) is 10.0. The first-order valence-corrected chi connectivity index (χ1v) is 12.2. The number of benzene rings is 1. The molecular weight excluding hydrogens is 485 g/mol. The van der Waals surface area contributed by atoms with Crippen LogP contribution in [0.5, 0.6) is 0 Å².